The summed E-state index contributed by atoms with van der Waals surface area (Å²) in [6, 6.07) is 6.86. The number of nitrogens with zero attached hydrogens (tertiary/aromatic N) is 1. The van der Waals surface area contributed by atoms with Crippen LogP contribution in [0.2, 0.25) is 19.6 Å². The third-order valence-corrected chi connectivity index (χ3v) is 4.54. The van der Waals surface area contributed by atoms with E-state index in [1.165, 1.54) is 4.90 Å². The monoisotopic (exact) mass is 351 g/mol. The molecule has 1 aliphatic heterocycles. The van der Waals surface area contributed by atoms with Crippen molar-refractivity contribution in [1.82, 2.24) is 4.90 Å². The fraction of sp³-hybridized carbons (Fsp3) is 0.529. The molecule has 7 heteroatoms. The molecule has 1 heterocycles. The first-order valence-electron chi connectivity index (χ1n) is 8.15. The maximum absolute atomic E-state index is 12.1. The third kappa shape index (κ3) is 5.24. The molecule has 2 rings (SSSR count). The van der Waals surface area contributed by atoms with Crippen molar-refractivity contribution < 1.29 is 23.5 Å². The number of benzene rings is 1. The van der Waals surface area contributed by atoms with Crippen LogP contribution in [0.5, 0.6) is 0 Å². The molecule has 0 spiro atoms. The fourth-order valence-electron chi connectivity index (χ4n) is 2.33. The van der Waals surface area contributed by atoms with E-state index >= 15 is 0 Å². The van der Waals surface area contributed by atoms with Crippen LogP contribution in [-0.2, 0) is 13.9 Å². The molecule has 0 aromatic heterocycles. The van der Waals surface area contributed by atoms with E-state index in [0.29, 0.717) is 44.2 Å². The molecule has 0 saturated heterocycles. The van der Waals surface area contributed by atoms with Gasteiger partial charge in [0, 0.05) is 0 Å². The SMILES string of the molecule is C[Si](C)(C)OCCOCCOCCN1C(=O)c2ccccc2C1=O. The smallest absolute Gasteiger partial charge is 0.261 e. The minimum Gasteiger partial charge on any atom is -0.415 e. The van der Waals surface area contributed by atoms with Crippen LogP contribution in [0.15, 0.2) is 24.3 Å². The highest BCUT2D eigenvalue weighted by Gasteiger charge is 2.34. The van der Waals surface area contributed by atoms with Crippen molar-refractivity contribution in [3.63, 3.8) is 0 Å². The Kier molecular flexibility index (Phi) is 6.67. The second-order valence-corrected chi connectivity index (χ2v) is 11.0. The Labute approximate surface area is 143 Å². The number of carbonyl (C=O) groups is 2. The van der Waals surface area contributed by atoms with Crippen LogP contribution in [-0.4, -0.2) is 64.6 Å². The van der Waals surface area contributed by atoms with Gasteiger partial charge in [0.1, 0.15) is 0 Å². The van der Waals surface area contributed by atoms with Crippen molar-refractivity contribution in [1.29, 1.82) is 0 Å². The zero-order valence-corrected chi connectivity index (χ0v) is 15.5. The molecular formula is C17H25NO5Si. The number of amides is 2. The van der Waals surface area contributed by atoms with Gasteiger partial charge >= 0.3 is 0 Å². The summed E-state index contributed by atoms with van der Waals surface area (Å²) in [6.07, 6.45) is 0. The van der Waals surface area contributed by atoms with Gasteiger partial charge in [0.15, 0.2) is 8.32 Å². The summed E-state index contributed by atoms with van der Waals surface area (Å²) < 4.78 is 16.5. The number of hydrogen-bond donors (Lipinski definition) is 0. The largest absolute Gasteiger partial charge is 0.415 e. The molecular weight excluding hydrogens is 326 g/mol. The van der Waals surface area contributed by atoms with Crippen molar-refractivity contribution in [3.05, 3.63) is 35.4 Å². The Morgan fingerprint density at radius 1 is 0.833 bits per heavy atom. The van der Waals surface area contributed by atoms with Gasteiger partial charge in [0.2, 0.25) is 0 Å². The maximum atomic E-state index is 12.1. The Morgan fingerprint density at radius 2 is 1.33 bits per heavy atom. The van der Waals surface area contributed by atoms with Gasteiger partial charge in [-0.15, -0.1) is 0 Å². The standard InChI is InChI=1S/C17H25NO5Si/c1-24(2,3)23-13-12-22-11-10-21-9-8-18-16(19)14-6-4-5-7-15(14)17(18)20/h4-7H,8-13H2,1-3H3. The van der Waals surface area contributed by atoms with Gasteiger partial charge in [0.25, 0.3) is 11.8 Å². The second-order valence-electron chi connectivity index (χ2n) is 6.49. The first-order chi connectivity index (χ1) is 11.4. The van der Waals surface area contributed by atoms with E-state index in [0.717, 1.165) is 0 Å². The molecule has 0 saturated carbocycles. The Hall–Kier alpha value is -1.54. The van der Waals surface area contributed by atoms with Crippen LogP contribution in [0.25, 0.3) is 0 Å². The molecule has 1 aliphatic rings. The average Bonchev–Trinajstić information content (AvgIpc) is 2.77. The van der Waals surface area contributed by atoms with Crippen molar-refractivity contribution >= 4 is 20.1 Å². The lowest BCUT2D eigenvalue weighted by atomic mass is 10.1. The first kappa shape index (κ1) is 18.8. The van der Waals surface area contributed by atoms with Gasteiger partial charge in [-0.25, -0.2) is 0 Å². The highest BCUT2D eigenvalue weighted by molar-refractivity contribution is 6.69. The first-order valence-corrected chi connectivity index (χ1v) is 11.6. The van der Waals surface area contributed by atoms with Gasteiger partial charge in [-0.2, -0.15) is 0 Å². The summed E-state index contributed by atoms with van der Waals surface area (Å²) >= 11 is 0. The Morgan fingerprint density at radius 3 is 1.88 bits per heavy atom. The number of imide groups is 1. The zero-order chi connectivity index (χ0) is 17.6. The summed E-state index contributed by atoms with van der Waals surface area (Å²) in [5, 5.41) is 0. The van der Waals surface area contributed by atoms with Crippen molar-refractivity contribution in [2.45, 2.75) is 19.6 Å². The number of hydrogen-bond acceptors (Lipinski definition) is 5. The van der Waals surface area contributed by atoms with Crippen LogP contribution < -0.4 is 0 Å². The van der Waals surface area contributed by atoms with Crippen LogP contribution in [0.3, 0.4) is 0 Å². The van der Waals surface area contributed by atoms with Crippen molar-refractivity contribution in [2.75, 3.05) is 39.6 Å². The molecule has 2 amide bonds. The van der Waals surface area contributed by atoms with Crippen LogP contribution in [0.1, 0.15) is 20.7 Å². The van der Waals surface area contributed by atoms with E-state index in [1.807, 2.05) is 0 Å². The third-order valence-electron chi connectivity index (χ3n) is 3.47. The van der Waals surface area contributed by atoms with E-state index in [1.54, 1.807) is 24.3 Å². The van der Waals surface area contributed by atoms with E-state index in [-0.39, 0.29) is 18.4 Å². The molecule has 6 nitrogen and oxygen atoms in total. The second kappa shape index (κ2) is 8.52. The lowest BCUT2D eigenvalue weighted by molar-refractivity contribution is 0.0276. The van der Waals surface area contributed by atoms with E-state index in [4.69, 9.17) is 13.9 Å². The van der Waals surface area contributed by atoms with Crippen LogP contribution in [0.4, 0.5) is 0 Å². The number of rotatable bonds is 10. The van der Waals surface area contributed by atoms with Gasteiger partial charge in [-0.1, -0.05) is 12.1 Å². The minimum absolute atomic E-state index is 0.251. The highest BCUT2D eigenvalue weighted by Crippen LogP contribution is 2.21. The van der Waals surface area contributed by atoms with Gasteiger partial charge in [-0.05, 0) is 31.8 Å². The lowest BCUT2D eigenvalue weighted by Crippen LogP contribution is -2.33. The van der Waals surface area contributed by atoms with E-state index in [9.17, 15) is 9.59 Å². The van der Waals surface area contributed by atoms with Crippen molar-refractivity contribution in [3.8, 4) is 0 Å². The van der Waals surface area contributed by atoms with Gasteiger partial charge in [0.05, 0.1) is 50.7 Å². The molecule has 24 heavy (non-hydrogen) atoms. The molecule has 0 bridgehead atoms. The molecule has 0 radical (unpaired) electrons. The van der Waals surface area contributed by atoms with E-state index in [2.05, 4.69) is 19.6 Å². The molecule has 132 valence electrons. The van der Waals surface area contributed by atoms with Crippen LogP contribution in [0, 0.1) is 0 Å². The fourth-order valence-corrected chi connectivity index (χ4v) is 3.02. The zero-order valence-electron chi connectivity index (χ0n) is 14.5. The quantitative estimate of drug-likeness (QED) is 0.367. The molecule has 0 aliphatic carbocycles. The minimum atomic E-state index is -1.47. The topological polar surface area (TPSA) is 65.1 Å². The molecule has 0 N–H and O–H groups in total. The summed E-state index contributed by atoms with van der Waals surface area (Å²) in [4.78, 5) is 25.5. The normalized spacial score (nSPS) is 14.4. The Balaban J connectivity index is 1.58. The Bertz CT molecular complexity index is 550. The average molecular weight is 351 g/mol. The molecule has 0 fully saturated rings. The summed E-state index contributed by atoms with van der Waals surface area (Å²) in [5.74, 6) is -0.502. The predicted octanol–water partition coefficient (Wildman–Crippen LogP) is 2.17. The molecule has 0 unspecified atom stereocenters. The molecule has 1 aromatic rings. The number of carbonyl (C=O) groups excluding carboxylic acids is 2. The predicted molar refractivity (Wildman–Crippen MR) is 92.7 cm³/mol. The number of ether oxygens (including phenoxy) is 2. The van der Waals surface area contributed by atoms with Gasteiger partial charge in [-0.3, -0.25) is 14.5 Å². The van der Waals surface area contributed by atoms with Crippen LogP contribution >= 0.6 is 0 Å². The lowest BCUT2D eigenvalue weighted by Gasteiger charge is -2.17. The number of fused-ring (bicyclic) bond motifs is 1. The maximum Gasteiger partial charge on any atom is 0.261 e. The van der Waals surface area contributed by atoms with Gasteiger partial charge < -0.3 is 13.9 Å². The van der Waals surface area contributed by atoms with E-state index < -0.39 is 8.32 Å². The molecule has 0 atom stereocenters. The summed E-state index contributed by atoms with van der Waals surface area (Å²) in [6.45, 7) is 9.01. The highest BCUT2D eigenvalue weighted by atomic mass is 28.4. The molecule has 1 aromatic carbocycles. The summed E-state index contributed by atoms with van der Waals surface area (Å²) in [5.41, 5.74) is 0.932. The van der Waals surface area contributed by atoms with Crippen molar-refractivity contribution in [2.24, 2.45) is 0 Å². The summed E-state index contributed by atoms with van der Waals surface area (Å²) in [7, 11) is -1.47.